The predicted octanol–water partition coefficient (Wildman–Crippen LogP) is 1.47. The second kappa shape index (κ2) is 10.3. The molecule has 1 aliphatic rings. The number of nitrogens with one attached hydrogen (secondary N) is 1. The highest BCUT2D eigenvalue weighted by Gasteiger charge is 2.17. The van der Waals surface area contributed by atoms with Crippen LogP contribution in [0.3, 0.4) is 0 Å². The van der Waals surface area contributed by atoms with Crippen LogP contribution in [-0.4, -0.2) is 65.7 Å². The standard InChI is InChI=1S/C12H10BrN5O.C3H7NO4/c13-10-8(17-12-16-5-6-18(12)7-19)1-2-9-11(10)15-4-3-14-9;1-7-2-3-8-4(5)6/h1-4,7H,5-6H2,(H,16,17);2-3H2,1H3. The first-order chi connectivity index (χ1) is 13.1. The molecule has 0 saturated carbocycles. The van der Waals surface area contributed by atoms with Gasteiger partial charge in [0.2, 0.25) is 12.4 Å². The van der Waals surface area contributed by atoms with Crippen molar-refractivity contribution in [3.05, 3.63) is 39.1 Å². The second-order valence-electron chi connectivity index (χ2n) is 5.03. The van der Waals surface area contributed by atoms with Crippen LogP contribution in [0.15, 0.2) is 34.0 Å². The first kappa shape index (κ1) is 20.5. The smallest absolute Gasteiger partial charge is 0.294 e. The molecule has 2 heterocycles. The van der Waals surface area contributed by atoms with Crippen LogP contribution in [0.5, 0.6) is 0 Å². The SMILES string of the molecule is COCCO[N+](=O)[O-].O=CN1CCN=C1Nc1ccc2nccnc2c1Br. The van der Waals surface area contributed by atoms with Crippen LogP contribution in [0.2, 0.25) is 0 Å². The number of nitrogens with zero attached hydrogens (tertiary/aromatic N) is 5. The third-order valence-corrected chi connectivity index (χ3v) is 4.11. The van der Waals surface area contributed by atoms with E-state index in [0.29, 0.717) is 19.0 Å². The van der Waals surface area contributed by atoms with E-state index in [1.807, 2.05) is 12.1 Å². The Kier molecular flexibility index (Phi) is 7.82. The zero-order chi connectivity index (χ0) is 19.6. The number of carbonyl (C=O) groups excluding carboxylic acids is 1. The summed E-state index contributed by atoms with van der Waals surface area (Å²) in [6, 6.07) is 3.75. The molecule has 1 N–H and O–H groups in total. The molecule has 0 fully saturated rings. The van der Waals surface area contributed by atoms with Gasteiger partial charge in [0.05, 0.1) is 28.8 Å². The van der Waals surface area contributed by atoms with E-state index in [9.17, 15) is 14.9 Å². The van der Waals surface area contributed by atoms with Crippen LogP contribution < -0.4 is 5.32 Å². The number of halogens is 1. The van der Waals surface area contributed by atoms with Gasteiger partial charge in [-0.05, 0) is 28.1 Å². The summed E-state index contributed by atoms with van der Waals surface area (Å²) in [6.07, 6.45) is 4.06. The fourth-order valence-electron chi connectivity index (χ4n) is 2.09. The van der Waals surface area contributed by atoms with E-state index in [4.69, 9.17) is 0 Å². The quantitative estimate of drug-likeness (QED) is 0.309. The Morgan fingerprint density at radius 1 is 1.37 bits per heavy atom. The Hall–Kier alpha value is -2.86. The normalized spacial score (nSPS) is 12.8. The van der Waals surface area contributed by atoms with Crippen molar-refractivity contribution in [1.82, 2.24) is 14.9 Å². The lowest BCUT2D eigenvalue weighted by molar-refractivity contribution is -0.758. The highest BCUT2D eigenvalue weighted by Crippen LogP contribution is 2.29. The minimum Gasteiger partial charge on any atom is -0.383 e. The molecule has 1 amide bonds. The van der Waals surface area contributed by atoms with Crippen LogP contribution in [0.4, 0.5) is 5.69 Å². The van der Waals surface area contributed by atoms with Crippen molar-refractivity contribution in [1.29, 1.82) is 0 Å². The third-order valence-electron chi connectivity index (χ3n) is 3.31. The zero-order valence-corrected chi connectivity index (χ0v) is 16.0. The van der Waals surface area contributed by atoms with Gasteiger partial charge in [0.1, 0.15) is 12.1 Å². The highest BCUT2D eigenvalue weighted by atomic mass is 79.9. The maximum atomic E-state index is 10.9. The van der Waals surface area contributed by atoms with Gasteiger partial charge in [-0.1, -0.05) is 0 Å². The van der Waals surface area contributed by atoms with Crippen LogP contribution in [-0.2, 0) is 14.4 Å². The summed E-state index contributed by atoms with van der Waals surface area (Å²) in [6.45, 7) is 1.48. The predicted molar refractivity (Wildman–Crippen MR) is 101 cm³/mol. The van der Waals surface area contributed by atoms with Crippen molar-refractivity contribution in [2.75, 3.05) is 38.7 Å². The molecule has 0 saturated heterocycles. The Labute approximate surface area is 162 Å². The number of anilines is 1. The van der Waals surface area contributed by atoms with Crippen molar-refractivity contribution < 1.29 is 19.5 Å². The van der Waals surface area contributed by atoms with E-state index in [2.05, 4.69) is 45.8 Å². The first-order valence-corrected chi connectivity index (χ1v) is 8.55. The van der Waals surface area contributed by atoms with Crippen molar-refractivity contribution in [2.24, 2.45) is 4.99 Å². The number of aromatic nitrogens is 2. The molecule has 1 aliphatic heterocycles. The van der Waals surface area contributed by atoms with Gasteiger partial charge < -0.3 is 14.9 Å². The number of aliphatic imine (C=N–C) groups is 1. The molecule has 2 aromatic rings. The summed E-state index contributed by atoms with van der Waals surface area (Å²) >= 11 is 3.50. The largest absolute Gasteiger partial charge is 0.383 e. The van der Waals surface area contributed by atoms with Gasteiger partial charge in [-0.15, -0.1) is 10.1 Å². The average molecular weight is 441 g/mol. The van der Waals surface area contributed by atoms with Crippen molar-refractivity contribution in [2.45, 2.75) is 0 Å². The lowest BCUT2D eigenvalue weighted by atomic mass is 10.2. The Morgan fingerprint density at radius 3 is 2.85 bits per heavy atom. The molecular formula is C15H17BrN6O5. The van der Waals surface area contributed by atoms with Gasteiger partial charge in [0, 0.05) is 26.0 Å². The Bertz CT molecular complexity index is 833. The van der Waals surface area contributed by atoms with Crippen LogP contribution in [0.1, 0.15) is 0 Å². The summed E-state index contributed by atoms with van der Waals surface area (Å²) in [5, 5.41) is 11.7. The van der Waals surface area contributed by atoms with E-state index in [1.54, 1.807) is 12.4 Å². The molecule has 0 bridgehead atoms. The summed E-state index contributed by atoms with van der Waals surface area (Å²) in [5.41, 5.74) is 2.38. The third kappa shape index (κ3) is 5.82. The number of rotatable bonds is 6. The number of methoxy groups -OCH3 is 1. The Balaban J connectivity index is 0.000000279. The topological polar surface area (TPSA) is 132 Å². The number of carbonyl (C=O) groups is 1. The fourth-order valence-corrected chi connectivity index (χ4v) is 2.63. The van der Waals surface area contributed by atoms with E-state index in [1.165, 1.54) is 12.0 Å². The minimum absolute atomic E-state index is 0.00347. The van der Waals surface area contributed by atoms with E-state index in [0.717, 1.165) is 27.6 Å². The molecule has 1 aromatic carbocycles. The maximum absolute atomic E-state index is 10.9. The van der Waals surface area contributed by atoms with E-state index >= 15 is 0 Å². The second-order valence-corrected chi connectivity index (χ2v) is 5.82. The molecule has 0 radical (unpaired) electrons. The molecule has 0 atom stereocenters. The van der Waals surface area contributed by atoms with Crippen molar-refractivity contribution in [3.8, 4) is 0 Å². The number of ether oxygens (including phenoxy) is 1. The number of amides is 1. The van der Waals surface area contributed by atoms with E-state index in [-0.39, 0.29) is 13.2 Å². The lowest BCUT2D eigenvalue weighted by Gasteiger charge is -2.15. The van der Waals surface area contributed by atoms with Crippen LogP contribution in [0.25, 0.3) is 11.0 Å². The van der Waals surface area contributed by atoms with Gasteiger partial charge in [0.15, 0.2) is 0 Å². The van der Waals surface area contributed by atoms with Crippen LogP contribution in [0, 0.1) is 10.1 Å². The van der Waals surface area contributed by atoms with Crippen LogP contribution >= 0.6 is 15.9 Å². The highest BCUT2D eigenvalue weighted by molar-refractivity contribution is 9.10. The number of hydrogen-bond acceptors (Lipinski definition) is 9. The average Bonchev–Trinajstić information content (AvgIpc) is 3.12. The fraction of sp³-hybridized carbons (Fsp3) is 0.333. The van der Waals surface area contributed by atoms with Crippen molar-refractivity contribution >= 4 is 45.0 Å². The zero-order valence-electron chi connectivity index (χ0n) is 14.4. The van der Waals surface area contributed by atoms with Crippen molar-refractivity contribution in [3.63, 3.8) is 0 Å². The molecule has 1 aromatic heterocycles. The maximum Gasteiger partial charge on any atom is 0.294 e. The van der Waals surface area contributed by atoms with Gasteiger partial charge in [-0.3, -0.25) is 24.7 Å². The summed E-state index contributed by atoms with van der Waals surface area (Å²) in [7, 11) is 1.45. The number of guanidine groups is 1. The minimum atomic E-state index is -0.848. The molecule has 0 aliphatic carbocycles. The Morgan fingerprint density at radius 2 is 2.15 bits per heavy atom. The first-order valence-electron chi connectivity index (χ1n) is 7.75. The van der Waals surface area contributed by atoms with Gasteiger partial charge in [-0.2, -0.15) is 0 Å². The summed E-state index contributed by atoms with van der Waals surface area (Å²) < 4.78 is 5.27. The number of benzene rings is 1. The van der Waals surface area contributed by atoms with Gasteiger partial charge in [-0.25, -0.2) is 0 Å². The number of hydrogen-bond donors (Lipinski definition) is 1. The molecule has 11 nitrogen and oxygen atoms in total. The van der Waals surface area contributed by atoms with E-state index < -0.39 is 5.09 Å². The molecule has 3 rings (SSSR count). The van der Waals surface area contributed by atoms with Gasteiger partial charge in [0.25, 0.3) is 5.09 Å². The molecule has 0 spiro atoms. The molecule has 12 heteroatoms. The summed E-state index contributed by atoms with van der Waals surface area (Å²) in [4.78, 5) is 38.5. The molecule has 144 valence electrons. The molecule has 27 heavy (non-hydrogen) atoms. The number of fused-ring (bicyclic) bond motifs is 1. The van der Waals surface area contributed by atoms with Gasteiger partial charge >= 0.3 is 0 Å². The summed E-state index contributed by atoms with van der Waals surface area (Å²) in [5.74, 6) is 0.555. The lowest BCUT2D eigenvalue weighted by Crippen LogP contribution is -2.31. The monoisotopic (exact) mass is 440 g/mol. The molecular weight excluding hydrogens is 424 g/mol. The molecule has 0 unspecified atom stereocenters.